The van der Waals surface area contributed by atoms with Gasteiger partial charge in [0.1, 0.15) is 29.1 Å². The van der Waals surface area contributed by atoms with Gasteiger partial charge in [0, 0.05) is 16.2 Å². The van der Waals surface area contributed by atoms with Crippen LogP contribution in [0.4, 0.5) is 10.1 Å². The minimum atomic E-state index is -0.323. The highest BCUT2D eigenvalue weighted by Gasteiger charge is 2.43. The van der Waals surface area contributed by atoms with E-state index < -0.39 is 0 Å². The van der Waals surface area contributed by atoms with Crippen LogP contribution in [0.3, 0.4) is 0 Å². The van der Waals surface area contributed by atoms with Gasteiger partial charge in [-0.1, -0.05) is 18.2 Å². The smallest absolute Gasteiger partial charge is 0.174 e. The number of ether oxygens (including phenoxy) is 1. The lowest BCUT2D eigenvalue weighted by molar-refractivity contribution is 0.409. The maximum absolute atomic E-state index is 13.6. The average Bonchev–Trinajstić information content (AvgIpc) is 3.44. The van der Waals surface area contributed by atoms with E-state index in [2.05, 4.69) is 26.2 Å². The first-order valence-corrected chi connectivity index (χ1v) is 11.5. The normalized spacial score (nSPS) is 17.8. The first-order valence-electron chi connectivity index (χ1n) is 10.3. The summed E-state index contributed by atoms with van der Waals surface area (Å²) in [6.45, 7) is 0. The maximum atomic E-state index is 13.6. The molecule has 3 heterocycles. The van der Waals surface area contributed by atoms with Crippen LogP contribution < -0.4 is 15.0 Å². The first kappa shape index (κ1) is 21.6. The zero-order valence-electron chi connectivity index (χ0n) is 17.5. The molecular formula is C25H19BrFN3O2S. The Morgan fingerprint density at radius 2 is 1.91 bits per heavy atom. The molecule has 0 aliphatic carbocycles. The molecule has 0 saturated carbocycles. The van der Waals surface area contributed by atoms with Crippen LogP contribution in [0.2, 0.25) is 0 Å². The molecule has 5 nitrogen and oxygen atoms in total. The third kappa shape index (κ3) is 4.00. The number of hydrogen-bond acceptors (Lipinski definition) is 4. The molecule has 33 heavy (non-hydrogen) atoms. The van der Waals surface area contributed by atoms with Crippen molar-refractivity contribution in [2.75, 3.05) is 12.0 Å². The fourth-order valence-corrected chi connectivity index (χ4v) is 4.96. The molecule has 5 rings (SSSR count). The number of furan rings is 1. The summed E-state index contributed by atoms with van der Waals surface area (Å²) in [5.74, 6) is 1.69. The van der Waals surface area contributed by atoms with E-state index in [1.165, 1.54) is 12.1 Å². The third-order valence-corrected chi connectivity index (χ3v) is 6.53. The predicted molar refractivity (Wildman–Crippen MR) is 133 cm³/mol. The number of hydrogen-bond donors (Lipinski definition) is 1. The van der Waals surface area contributed by atoms with Gasteiger partial charge in [-0.3, -0.25) is 4.98 Å². The van der Waals surface area contributed by atoms with Gasteiger partial charge in [-0.05, 0) is 82.7 Å². The minimum absolute atomic E-state index is 0.251. The molecule has 1 saturated heterocycles. The Morgan fingerprint density at radius 3 is 2.67 bits per heavy atom. The van der Waals surface area contributed by atoms with Crippen LogP contribution in [0.1, 0.15) is 23.5 Å². The largest absolute Gasteiger partial charge is 0.495 e. The quantitative estimate of drug-likeness (QED) is 0.304. The Labute approximate surface area is 204 Å². The van der Waals surface area contributed by atoms with E-state index in [1.807, 2.05) is 59.5 Å². The number of nitrogens with one attached hydrogen (secondary N) is 1. The van der Waals surface area contributed by atoms with Crippen LogP contribution in [0.15, 0.2) is 87.9 Å². The molecule has 1 N–H and O–H groups in total. The Hall–Kier alpha value is -3.23. The lowest BCUT2D eigenvalue weighted by Crippen LogP contribution is -2.29. The molecule has 0 bridgehead atoms. The lowest BCUT2D eigenvalue weighted by atomic mass is 10.0. The van der Waals surface area contributed by atoms with Gasteiger partial charge in [-0.15, -0.1) is 0 Å². The standard InChI is InChI=1S/C25H19BrFN3O2S/c1-31-21-8-3-2-7-19(21)30-24(23(29-25(30)33)18-6-4-5-13-28-18)22-12-11-20(32-22)16-10-9-15(27)14-17(16)26/h2-14,23-24H,1H3,(H,29,33). The van der Waals surface area contributed by atoms with E-state index in [0.717, 1.165) is 16.9 Å². The number of aromatic nitrogens is 1. The molecule has 2 aromatic carbocycles. The second-order valence-electron chi connectivity index (χ2n) is 7.49. The number of rotatable bonds is 5. The van der Waals surface area contributed by atoms with E-state index >= 15 is 0 Å². The second-order valence-corrected chi connectivity index (χ2v) is 8.74. The summed E-state index contributed by atoms with van der Waals surface area (Å²) in [4.78, 5) is 6.56. The highest BCUT2D eigenvalue weighted by Crippen LogP contribution is 2.45. The van der Waals surface area contributed by atoms with Crippen LogP contribution in [-0.4, -0.2) is 17.2 Å². The van der Waals surface area contributed by atoms with Crippen molar-refractivity contribution in [1.82, 2.24) is 10.3 Å². The van der Waals surface area contributed by atoms with Gasteiger partial charge in [-0.25, -0.2) is 4.39 Å². The topological polar surface area (TPSA) is 50.5 Å². The number of thiocarbonyl (C=S) groups is 1. The zero-order chi connectivity index (χ0) is 22.9. The van der Waals surface area contributed by atoms with Crippen molar-refractivity contribution in [3.8, 4) is 17.1 Å². The molecule has 2 unspecified atom stereocenters. The second kappa shape index (κ2) is 8.96. The van der Waals surface area contributed by atoms with E-state index in [-0.39, 0.29) is 17.9 Å². The molecule has 0 spiro atoms. The molecule has 8 heteroatoms. The zero-order valence-corrected chi connectivity index (χ0v) is 19.9. The molecule has 166 valence electrons. The summed E-state index contributed by atoms with van der Waals surface area (Å²) in [6, 6.07) is 21.2. The molecule has 1 fully saturated rings. The van der Waals surface area contributed by atoms with Gasteiger partial charge in [0.2, 0.25) is 0 Å². The SMILES string of the molecule is COc1ccccc1N1C(=S)NC(c2ccccn2)C1c1ccc(-c2ccc(F)cc2Br)o1. The van der Waals surface area contributed by atoms with Crippen LogP contribution >= 0.6 is 28.1 Å². The number of methoxy groups -OCH3 is 1. The summed E-state index contributed by atoms with van der Waals surface area (Å²) in [6.07, 6.45) is 1.76. The fraction of sp³-hybridized carbons (Fsp3) is 0.120. The van der Waals surface area contributed by atoms with Gasteiger partial charge < -0.3 is 19.4 Å². The molecule has 0 radical (unpaired) electrons. The van der Waals surface area contributed by atoms with E-state index in [0.29, 0.717) is 26.9 Å². The molecule has 0 amide bonds. The number of halogens is 2. The van der Waals surface area contributed by atoms with Crippen LogP contribution in [0.5, 0.6) is 5.75 Å². The molecule has 2 atom stereocenters. The Kier molecular flexibility index (Phi) is 5.86. The average molecular weight is 524 g/mol. The minimum Gasteiger partial charge on any atom is -0.495 e. The number of nitrogens with zero attached hydrogens (tertiary/aromatic N) is 2. The molecule has 2 aromatic heterocycles. The first-order chi connectivity index (χ1) is 16.1. The van der Waals surface area contributed by atoms with Crippen molar-refractivity contribution in [2.45, 2.75) is 12.1 Å². The highest BCUT2D eigenvalue weighted by molar-refractivity contribution is 9.10. The third-order valence-electron chi connectivity index (χ3n) is 5.56. The van der Waals surface area contributed by atoms with Crippen molar-refractivity contribution in [2.24, 2.45) is 0 Å². The Balaban J connectivity index is 1.63. The van der Waals surface area contributed by atoms with Gasteiger partial charge >= 0.3 is 0 Å². The number of benzene rings is 2. The summed E-state index contributed by atoms with van der Waals surface area (Å²) < 4.78 is 26.2. The van der Waals surface area contributed by atoms with E-state index in [4.69, 9.17) is 21.4 Å². The lowest BCUT2D eigenvalue weighted by Gasteiger charge is -2.27. The fourth-order valence-electron chi connectivity index (χ4n) is 4.08. The summed E-state index contributed by atoms with van der Waals surface area (Å²) in [7, 11) is 1.63. The van der Waals surface area contributed by atoms with Crippen molar-refractivity contribution >= 4 is 38.9 Å². The van der Waals surface area contributed by atoms with Crippen molar-refractivity contribution < 1.29 is 13.5 Å². The maximum Gasteiger partial charge on any atom is 0.174 e. The Bertz CT molecular complexity index is 1310. The summed E-state index contributed by atoms with van der Waals surface area (Å²) in [5.41, 5.74) is 2.42. The van der Waals surface area contributed by atoms with E-state index in [9.17, 15) is 4.39 Å². The van der Waals surface area contributed by atoms with Gasteiger partial charge in [0.05, 0.1) is 24.5 Å². The van der Waals surface area contributed by atoms with Crippen molar-refractivity contribution in [1.29, 1.82) is 0 Å². The summed E-state index contributed by atoms with van der Waals surface area (Å²) >= 11 is 9.19. The summed E-state index contributed by atoms with van der Waals surface area (Å²) in [5, 5.41) is 3.95. The number of para-hydroxylation sites is 2. The predicted octanol–water partition coefficient (Wildman–Crippen LogP) is 6.43. The molecule has 4 aromatic rings. The monoisotopic (exact) mass is 523 g/mol. The van der Waals surface area contributed by atoms with Gasteiger partial charge in [0.15, 0.2) is 5.11 Å². The molecule has 1 aliphatic heterocycles. The molecular weight excluding hydrogens is 505 g/mol. The van der Waals surface area contributed by atoms with Gasteiger partial charge in [-0.2, -0.15) is 0 Å². The van der Waals surface area contributed by atoms with Crippen molar-refractivity contribution in [3.63, 3.8) is 0 Å². The molecule has 1 aliphatic rings. The van der Waals surface area contributed by atoms with Crippen LogP contribution in [0, 0.1) is 5.82 Å². The van der Waals surface area contributed by atoms with E-state index in [1.54, 1.807) is 19.4 Å². The van der Waals surface area contributed by atoms with Crippen molar-refractivity contribution in [3.05, 3.63) is 101 Å². The Morgan fingerprint density at radius 1 is 1.09 bits per heavy atom. The van der Waals surface area contributed by atoms with Gasteiger partial charge in [0.25, 0.3) is 0 Å². The number of pyridine rings is 1. The van der Waals surface area contributed by atoms with Crippen LogP contribution in [-0.2, 0) is 0 Å². The number of anilines is 1. The van der Waals surface area contributed by atoms with Crippen LogP contribution in [0.25, 0.3) is 11.3 Å². The highest BCUT2D eigenvalue weighted by atomic mass is 79.9.